The van der Waals surface area contributed by atoms with Gasteiger partial charge in [0.1, 0.15) is 0 Å². The molecule has 139 valence electrons. The van der Waals surface area contributed by atoms with Crippen molar-refractivity contribution < 1.29 is 23.7 Å². The lowest BCUT2D eigenvalue weighted by molar-refractivity contribution is 0.0101. The van der Waals surface area contributed by atoms with Crippen LogP contribution in [0.3, 0.4) is 0 Å². The number of benzene rings is 1. The van der Waals surface area contributed by atoms with E-state index in [1.54, 1.807) is 0 Å². The van der Waals surface area contributed by atoms with Gasteiger partial charge in [-0.25, -0.2) is 0 Å². The molecule has 1 aromatic carbocycles. The molecule has 0 N–H and O–H groups in total. The molecule has 25 heavy (non-hydrogen) atoms. The maximum Gasteiger partial charge on any atom is 0.231 e. The summed E-state index contributed by atoms with van der Waals surface area (Å²) in [4.78, 5) is 0. The molecule has 0 saturated heterocycles. The first-order valence-electron chi connectivity index (χ1n) is 8.99. The Morgan fingerprint density at radius 1 is 0.800 bits per heavy atom. The van der Waals surface area contributed by atoms with Gasteiger partial charge in [-0.15, -0.1) is 0 Å². The fourth-order valence-corrected chi connectivity index (χ4v) is 2.53. The second kappa shape index (κ2) is 13.0. The second-order valence-corrected chi connectivity index (χ2v) is 5.86. The maximum atomic E-state index is 5.75. The third-order valence-electron chi connectivity index (χ3n) is 3.86. The lowest BCUT2D eigenvalue weighted by atomic mass is 10.0. The molecule has 6 heteroatoms. The van der Waals surface area contributed by atoms with Crippen LogP contribution >= 0.6 is 0 Å². The van der Waals surface area contributed by atoms with Crippen LogP contribution in [0, 0.1) is 0 Å². The average molecular weight is 349 g/mol. The number of ether oxygens (including phenoxy) is 5. The summed E-state index contributed by atoms with van der Waals surface area (Å²) in [5.41, 5.74) is 2.44. The van der Waals surface area contributed by atoms with Crippen LogP contribution in [-0.4, -0.2) is 48.2 Å². The minimum Gasteiger partial charge on any atom is -0.454 e. The maximum absolute atomic E-state index is 5.75. The van der Waals surface area contributed by atoms with Crippen LogP contribution in [0.1, 0.15) is 44.2 Å². The Bertz CT molecular complexity index is 481. The van der Waals surface area contributed by atoms with Crippen molar-refractivity contribution in [2.45, 2.75) is 46.1 Å². The van der Waals surface area contributed by atoms with Crippen LogP contribution in [0.4, 0.5) is 0 Å². The second-order valence-electron chi connectivity index (χ2n) is 5.86. The number of hydrogen-bond donors (Lipinski definition) is 0. The highest BCUT2D eigenvalue weighted by Crippen LogP contribution is 2.35. The third-order valence-corrected chi connectivity index (χ3v) is 3.86. The zero-order chi connectivity index (χ0) is 17.0. The molecule has 0 amide bonds. The van der Waals surface area contributed by atoms with Gasteiger partial charge < -0.3 is 23.7 Å². The number of unbranched alkanes of at least 4 members (excludes halogenated alkanes) is 1. The summed E-state index contributed by atoms with van der Waals surface area (Å²) >= 11 is 0. The SMILES string of the molecule is CCCCOCCOCCOCc1cc2c(cc1CCC)OCO2.[B]. The highest BCUT2D eigenvalue weighted by Gasteiger charge is 2.16. The predicted molar refractivity (Wildman–Crippen MR) is 98.5 cm³/mol. The third kappa shape index (κ3) is 7.67. The average Bonchev–Trinajstić information content (AvgIpc) is 3.04. The number of aryl methyl sites for hydroxylation is 1. The van der Waals surface area contributed by atoms with Crippen LogP contribution in [-0.2, 0) is 27.2 Å². The molecule has 0 bridgehead atoms. The van der Waals surface area contributed by atoms with Crippen LogP contribution in [0.5, 0.6) is 11.5 Å². The van der Waals surface area contributed by atoms with E-state index in [0.717, 1.165) is 43.8 Å². The van der Waals surface area contributed by atoms with E-state index in [2.05, 4.69) is 19.9 Å². The lowest BCUT2D eigenvalue weighted by Crippen LogP contribution is -2.10. The van der Waals surface area contributed by atoms with Gasteiger partial charge in [-0.05, 0) is 36.1 Å². The summed E-state index contributed by atoms with van der Waals surface area (Å²) in [6.45, 7) is 8.47. The summed E-state index contributed by atoms with van der Waals surface area (Å²) < 4.78 is 27.6. The van der Waals surface area contributed by atoms with Crippen molar-refractivity contribution in [1.29, 1.82) is 0 Å². The van der Waals surface area contributed by atoms with E-state index in [-0.39, 0.29) is 8.41 Å². The zero-order valence-electron chi connectivity index (χ0n) is 15.6. The first-order chi connectivity index (χ1) is 11.8. The van der Waals surface area contributed by atoms with Crippen LogP contribution < -0.4 is 9.47 Å². The van der Waals surface area contributed by atoms with Gasteiger partial charge >= 0.3 is 0 Å². The molecule has 1 heterocycles. The molecular formula is C19H30BO5. The van der Waals surface area contributed by atoms with E-state index in [9.17, 15) is 0 Å². The van der Waals surface area contributed by atoms with Gasteiger partial charge in [-0.2, -0.15) is 0 Å². The number of fused-ring (bicyclic) bond motifs is 1. The molecule has 5 nitrogen and oxygen atoms in total. The summed E-state index contributed by atoms with van der Waals surface area (Å²) in [6.07, 6.45) is 4.38. The first kappa shape index (κ1) is 21.8. The van der Waals surface area contributed by atoms with E-state index < -0.39 is 0 Å². The van der Waals surface area contributed by atoms with Crippen molar-refractivity contribution in [2.75, 3.05) is 39.8 Å². The fourth-order valence-electron chi connectivity index (χ4n) is 2.53. The molecule has 1 aromatic rings. The molecule has 0 atom stereocenters. The molecule has 3 radical (unpaired) electrons. The highest BCUT2D eigenvalue weighted by atomic mass is 16.7. The fraction of sp³-hybridized carbons (Fsp3) is 0.684. The summed E-state index contributed by atoms with van der Waals surface area (Å²) in [5.74, 6) is 1.66. The van der Waals surface area contributed by atoms with E-state index in [0.29, 0.717) is 39.8 Å². The molecule has 0 saturated carbocycles. The molecular weight excluding hydrogens is 319 g/mol. The summed E-state index contributed by atoms with van der Waals surface area (Å²) in [7, 11) is 0. The van der Waals surface area contributed by atoms with Crippen molar-refractivity contribution in [3.63, 3.8) is 0 Å². The molecule has 0 aliphatic carbocycles. The standard InChI is InChI=1S/C19H30O5.B/c1-3-5-7-20-8-9-21-10-11-22-14-17-13-19-18(23-15-24-19)12-16(17)6-4-2;/h12-13H,3-11,14-15H2,1-2H3;. The zero-order valence-corrected chi connectivity index (χ0v) is 15.6. The minimum atomic E-state index is 0. The van der Waals surface area contributed by atoms with Crippen molar-refractivity contribution in [2.24, 2.45) is 0 Å². The van der Waals surface area contributed by atoms with Gasteiger partial charge in [-0.1, -0.05) is 26.7 Å². The van der Waals surface area contributed by atoms with Crippen molar-refractivity contribution in [3.05, 3.63) is 23.3 Å². The Hall–Kier alpha value is -1.24. The Labute approximate surface area is 153 Å². The lowest BCUT2D eigenvalue weighted by Gasteiger charge is -2.11. The summed E-state index contributed by atoms with van der Waals surface area (Å²) in [6, 6.07) is 4.12. The van der Waals surface area contributed by atoms with E-state index in [4.69, 9.17) is 23.7 Å². The minimum absolute atomic E-state index is 0. The molecule has 0 fully saturated rings. The van der Waals surface area contributed by atoms with Crippen LogP contribution in [0.2, 0.25) is 0 Å². The van der Waals surface area contributed by atoms with Gasteiger partial charge in [-0.3, -0.25) is 0 Å². The normalized spacial score (nSPS) is 12.2. The Kier molecular flexibility index (Phi) is 11.4. The molecule has 2 rings (SSSR count). The Balaban J connectivity index is 0.00000312. The van der Waals surface area contributed by atoms with Gasteiger partial charge in [0.15, 0.2) is 11.5 Å². The number of hydrogen-bond acceptors (Lipinski definition) is 5. The van der Waals surface area contributed by atoms with Crippen molar-refractivity contribution in [3.8, 4) is 11.5 Å². The van der Waals surface area contributed by atoms with Gasteiger partial charge in [0, 0.05) is 15.0 Å². The smallest absolute Gasteiger partial charge is 0.231 e. The molecule has 1 aliphatic heterocycles. The monoisotopic (exact) mass is 349 g/mol. The molecule has 0 unspecified atom stereocenters. The van der Waals surface area contributed by atoms with E-state index >= 15 is 0 Å². The van der Waals surface area contributed by atoms with Crippen molar-refractivity contribution in [1.82, 2.24) is 0 Å². The molecule has 1 aliphatic rings. The Morgan fingerprint density at radius 2 is 1.40 bits per heavy atom. The number of rotatable bonds is 13. The van der Waals surface area contributed by atoms with Crippen LogP contribution in [0.15, 0.2) is 12.1 Å². The van der Waals surface area contributed by atoms with Gasteiger partial charge in [0.25, 0.3) is 0 Å². The molecule has 0 aromatic heterocycles. The molecule has 0 spiro atoms. The topological polar surface area (TPSA) is 46.2 Å². The van der Waals surface area contributed by atoms with E-state index in [1.165, 1.54) is 11.1 Å². The summed E-state index contributed by atoms with van der Waals surface area (Å²) in [5, 5.41) is 0. The Morgan fingerprint density at radius 3 is 2.04 bits per heavy atom. The van der Waals surface area contributed by atoms with Gasteiger partial charge in [0.05, 0.1) is 33.0 Å². The van der Waals surface area contributed by atoms with E-state index in [1.807, 2.05) is 6.07 Å². The van der Waals surface area contributed by atoms with Gasteiger partial charge in [0.2, 0.25) is 6.79 Å². The predicted octanol–water partition coefficient (Wildman–Crippen LogP) is 3.34. The quantitative estimate of drug-likeness (QED) is 0.404. The highest BCUT2D eigenvalue weighted by molar-refractivity contribution is 5.75. The largest absolute Gasteiger partial charge is 0.454 e. The van der Waals surface area contributed by atoms with Crippen LogP contribution in [0.25, 0.3) is 0 Å². The first-order valence-corrected chi connectivity index (χ1v) is 8.99. The van der Waals surface area contributed by atoms with Crippen molar-refractivity contribution >= 4 is 8.41 Å².